The summed E-state index contributed by atoms with van der Waals surface area (Å²) < 4.78 is 21.7. The molecule has 1 aliphatic heterocycles. The minimum Gasteiger partial charge on any atom is -0.463 e. The normalized spacial score (nSPS) is 16.0. The van der Waals surface area contributed by atoms with Crippen molar-refractivity contribution in [3.05, 3.63) is 100 Å². The number of aromatic nitrogens is 1. The summed E-state index contributed by atoms with van der Waals surface area (Å²) in [4.78, 5) is 31.0. The summed E-state index contributed by atoms with van der Waals surface area (Å²) in [6, 6.07) is 9.98. The Morgan fingerprint density at radius 3 is 2.72 bits per heavy atom. The third-order valence-corrected chi connectivity index (χ3v) is 6.51. The maximum atomic E-state index is 14.8. The molecule has 2 heterocycles. The van der Waals surface area contributed by atoms with Gasteiger partial charge in [0.05, 0.1) is 22.4 Å². The van der Waals surface area contributed by atoms with E-state index in [1.54, 1.807) is 56.3 Å². The standard InChI is InChI=1S/C23H17Cl2FN2O3S/c1-3-31-22(30)19-12(2)27-23-28(20(19)15-6-4-5-7-17(15)26)21(29)18(32-23)10-13-8-9-14(24)11-16(13)25/h4-11,20H,3H2,1-2H3/b18-10-/t20-/m0/s1. The molecule has 2 aromatic carbocycles. The predicted molar refractivity (Wildman–Crippen MR) is 123 cm³/mol. The quantitative estimate of drug-likeness (QED) is 0.513. The summed E-state index contributed by atoms with van der Waals surface area (Å²) in [6.45, 7) is 3.46. The summed E-state index contributed by atoms with van der Waals surface area (Å²) in [5, 5.41) is 0.861. The van der Waals surface area contributed by atoms with Crippen molar-refractivity contribution in [3.8, 4) is 0 Å². The van der Waals surface area contributed by atoms with Gasteiger partial charge in [-0.1, -0.05) is 58.8 Å². The molecule has 0 N–H and O–H groups in total. The van der Waals surface area contributed by atoms with Crippen molar-refractivity contribution in [1.29, 1.82) is 0 Å². The molecule has 0 amide bonds. The van der Waals surface area contributed by atoms with E-state index in [2.05, 4.69) is 4.99 Å². The highest BCUT2D eigenvalue weighted by atomic mass is 35.5. The number of halogens is 3. The van der Waals surface area contributed by atoms with Crippen LogP contribution in [0.15, 0.2) is 63.5 Å². The summed E-state index contributed by atoms with van der Waals surface area (Å²) >= 11 is 13.4. The summed E-state index contributed by atoms with van der Waals surface area (Å²) in [5.41, 5.74) is 0.865. The second kappa shape index (κ2) is 9.02. The molecule has 164 valence electrons. The molecule has 32 heavy (non-hydrogen) atoms. The maximum absolute atomic E-state index is 14.8. The largest absolute Gasteiger partial charge is 0.463 e. The first-order chi connectivity index (χ1) is 15.3. The van der Waals surface area contributed by atoms with Gasteiger partial charge in [0.15, 0.2) is 4.80 Å². The van der Waals surface area contributed by atoms with Crippen molar-refractivity contribution < 1.29 is 13.9 Å². The lowest BCUT2D eigenvalue weighted by Crippen LogP contribution is -2.40. The Bertz CT molecular complexity index is 1440. The van der Waals surface area contributed by atoms with Crippen LogP contribution >= 0.6 is 34.5 Å². The Balaban J connectivity index is 1.99. The number of nitrogens with zero attached hydrogens (tertiary/aromatic N) is 2. The van der Waals surface area contributed by atoms with E-state index in [0.29, 0.717) is 30.6 Å². The lowest BCUT2D eigenvalue weighted by atomic mass is 9.95. The van der Waals surface area contributed by atoms with Crippen molar-refractivity contribution in [2.45, 2.75) is 19.9 Å². The summed E-state index contributed by atoms with van der Waals surface area (Å²) in [6.07, 6.45) is 1.63. The molecule has 0 aliphatic carbocycles. The first-order valence-electron chi connectivity index (χ1n) is 9.71. The Hall–Kier alpha value is -2.74. The third-order valence-electron chi connectivity index (χ3n) is 4.97. The number of benzene rings is 2. The van der Waals surface area contributed by atoms with Gasteiger partial charge in [-0.3, -0.25) is 9.36 Å². The minimum atomic E-state index is -1.01. The summed E-state index contributed by atoms with van der Waals surface area (Å²) in [7, 11) is 0. The zero-order valence-corrected chi connectivity index (χ0v) is 19.4. The average Bonchev–Trinajstić information content (AvgIpc) is 3.04. The fraction of sp³-hybridized carbons (Fsp3) is 0.174. The second-order valence-electron chi connectivity index (χ2n) is 6.99. The zero-order chi connectivity index (χ0) is 23.0. The van der Waals surface area contributed by atoms with E-state index in [0.717, 1.165) is 11.3 Å². The molecule has 1 aromatic heterocycles. The van der Waals surface area contributed by atoms with Gasteiger partial charge in [0.2, 0.25) is 0 Å². The van der Waals surface area contributed by atoms with Crippen LogP contribution in [0.2, 0.25) is 10.0 Å². The monoisotopic (exact) mass is 490 g/mol. The molecule has 0 fully saturated rings. The Morgan fingerprint density at radius 2 is 2.03 bits per heavy atom. The smallest absolute Gasteiger partial charge is 0.338 e. The van der Waals surface area contributed by atoms with Gasteiger partial charge < -0.3 is 4.74 Å². The number of hydrogen-bond acceptors (Lipinski definition) is 5. The highest BCUT2D eigenvalue weighted by Crippen LogP contribution is 2.32. The number of hydrogen-bond donors (Lipinski definition) is 0. The molecule has 0 unspecified atom stereocenters. The average molecular weight is 491 g/mol. The number of rotatable bonds is 4. The lowest BCUT2D eigenvalue weighted by molar-refractivity contribution is -0.139. The van der Waals surface area contributed by atoms with Gasteiger partial charge in [-0.15, -0.1) is 0 Å². The van der Waals surface area contributed by atoms with E-state index in [1.165, 1.54) is 10.6 Å². The molecule has 0 bridgehead atoms. The zero-order valence-electron chi connectivity index (χ0n) is 17.1. The Kier molecular flexibility index (Phi) is 6.33. The van der Waals surface area contributed by atoms with Crippen molar-refractivity contribution in [2.24, 2.45) is 4.99 Å². The molecule has 5 nitrogen and oxygen atoms in total. The summed E-state index contributed by atoms with van der Waals surface area (Å²) in [5.74, 6) is -1.18. The molecule has 3 aromatic rings. The van der Waals surface area contributed by atoms with E-state index in [-0.39, 0.29) is 17.7 Å². The molecule has 0 saturated carbocycles. The highest BCUT2D eigenvalue weighted by molar-refractivity contribution is 7.07. The van der Waals surface area contributed by atoms with E-state index in [9.17, 15) is 14.0 Å². The molecule has 1 aliphatic rings. The SMILES string of the molecule is CCOC(=O)C1=C(C)N=c2s/c(=C\c3ccc(Cl)cc3Cl)c(=O)n2[C@H]1c1ccccc1F. The highest BCUT2D eigenvalue weighted by Gasteiger charge is 2.34. The van der Waals surface area contributed by atoms with Crippen molar-refractivity contribution in [3.63, 3.8) is 0 Å². The van der Waals surface area contributed by atoms with Gasteiger partial charge in [0, 0.05) is 15.6 Å². The van der Waals surface area contributed by atoms with Gasteiger partial charge in [-0.25, -0.2) is 14.2 Å². The first-order valence-corrected chi connectivity index (χ1v) is 11.3. The van der Waals surface area contributed by atoms with E-state index in [4.69, 9.17) is 27.9 Å². The van der Waals surface area contributed by atoms with Crippen molar-refractivity contribution >= 4 is 46.6 Å². The minimum absolute atomic E-state index is 0.125. The number of thiazole rings is 1. The molecule has 9 heteroatoms. The van der Waals surface area contributed by atoms with E-state index >= 15 is 0 Å². The predicted octanol–water partition coefficient (Wildman–Crippen LogP) is 4.24. The maximum Gasteiger partial charge on any atom is 0.338 e. The Labute approximate surface area is 196 Å². The van der Waals surface area contributed by atoms with E-state index in [1.807, 2.05) is 0 Å². The van der Waals surface area contributed by atoms with Gasteiger partial charge >= 0.3 is 5.97 Å². The molecule has 1 atom stereocenters. The molecular weight excluding hydrogens is 474 g/mol. The first kappa shape index (κ1) is 22.5. The number of esters is 1. The molecular formula is C23H17Cl2FN2O3S. The van der Waals surface area contributed by atoms with Crippen LogP contribution in [0.4, 0.5) is 4.39 Å². The number of carbonyl (C=O) groups excluding carboxylic acids is 1. The van der Waals surface area contributed by atoms with Crippen LogP contribution in [0.5, 0.6) is 0 Å². The van der Waals surface area contributed by atoms with Crippen LogP contribution in [0.3, 0.4) is 0 Å². The second-order valence-corrected chi connectivity index (χ2v) is 8.84. The van der Waals surface area contributed by atoms with Crippen LogP contribution in [-0.4, -0.2) is 17.1 Å². The number of fused-ring (bicyclic) bond motifs is 1. The number of allylic oxidation sites excluding steroid dienone is 1. The van der Waals surface area contributed by atoms with Gasteiger partial charge in [-0.2, -0.15) is 0 Å². The fourth-order valence-corrected chi connectivity index (χ4v) is 5.04. The van der Waals surface area contributed by atoms with Crippen molar-refractivity contribution in [2.75, 3.05) is 6.61 Å². The van der Waals surface area contributed by atoms with Crippen LogP contribution < -0.4 is 14.9 Å². The van der Waals surface area contributed by atoms with Gasteiger partial charge in [0.25, 0.3) is 5.56 Å². The number of carbonyl (C=O) groups is 1. The molecule has 0 spiro atoms. The van der Waals surface area contributed by atoms with Gasteiger partial charge in [-0.05, 0) is 43.7 Å². The third kappa shape index (κ3) is 4.03. The van der Waals surface area contributed by atoms with Crippen LogP contribution in [-0.2, 0) is 9.53 Å². The van der Waals surface area contributed by atoms with Crippen LogP contribution in [0.25, 0.3) is 6.08 Å². The topological polar surface area (TPSA) is 60.7 Å². The molecule has 0 radical (unpaired) electrons. The molecule has 0 saturated heterocycles. The van der Waals surface area contributed by atoms with Gasteiger partial charge in [0.1, 0.15) is 11.9 Å². The van der Waals surface area contributed by atoms with Crippen molar-refractivity contribution in [1.82, 2.24) is 4.57 Å². The number of ether oxygens (including phenoxy) is 1. The lowest BCUT2D eigenvalue weighted by Gasteiger charge is -2.24. The van der Waals surface area contributed by atoms with Crippen LogP contribution in [0, 0.1) is 5.82 Å². The van der Waals surface area contributed by atoms with Crippen LogP contribution in [0.1, 0.15) is 31.0 Å². The molecule has 4 rings (SSSR count). The van der Waals surface area contributed by atoms with E-state index < -0.39 is 23.4 Å². The fourth-order valence-electron chi connectivity index (χ4n) is 3.54. The Morgan fingerprint density at radius 1 is 1.28 bits per heavy atom.